The molecule has 1 aliphatic heterocycles. The molecule has 94 heavy (non-hydrogen) atoms. The zero-order chi connectivity index (χ0) is 72.2. The summed E-state index contributed by atoms with van der Waals surface area (Å²) in [6, 6.07) is -9.62. The van der Waals surface area contributed by atoms with Gasteiger partial charge in [-0.15, -0.1) is 0 Å². The normalized spacial score (nSPS) is 26.4. The van der Waals surface area contributed by atoms with E-state index in [-0.39, 0.29) is 75.0 Å². The quantitative estimate of drug-likeness (QED) is 0.127. The van der Waals surface area contributed by atoms with E-state index in [0.29, 0.717) is 19.4 Å². The lowest BCUT2D eigenvalue weighted by molar-refractivity contribution is -0.157. The predicted octanol–water partition coefficient (Wildman–Crippen LogP) is 5.83. The smallest absolute Gasteiger partial charge is 0.246 e. The van der Waals surface area contributed by atoms with E-state index in [0.717, 1.165) is 10.6 Å². The highest BCUT2D eigenvalue weighted by molar-refractivity contribution is 6.00. The summed E-state index contributed by atoms with van der Waals surface area (Å²) in [5, 5.41) is 18.1. The molecule has 0 aromatic carbocycles. The van der Waals surface area contributed by atoms with Gasteiger partial charge in [-0.3, -0.25) is 57.5 Å². The highest BCUT2D eigenvalue weighted by atomic mass is 16.3. The lowest BCUT2D eigenvalue weighted by Gasteiger charge is -2.42. The molecule has 1 fully saturated rings. The number of carbonyl (C=O) groups excluding carboxylic acids is 12. The van der Waals surface area contributed by atoms with Crippen molar-refractivity contribution in [3.63, 3.8) is 0 Å². The number of nitrogens with one attached hydrogen (secondary N) is 3. The van der Waals surface area contributed by atoms with Gasteiger partial charge in [-0.05, 0) is 93.8 Å². The number of aliphatic hydroxyl groups excluding tert-OH is 1. The van der Waals surface area contributed by atoms with Crippen LogP contribution >= 0.6 is 0 Å². The number of imidazole rings is 1. The SMILES string of the molecule is CC[C@H]1CC(=O)[C@@H]([C@H](O)[C@H](C)CCCC(=O)NCCc2cnc[nH]2)N(C)C(=O)[C@@H](C(C)C)N(C)C(=O)[C@@H](CC(C)C)N(C)C(=O)C(C(C)C)N(C)C(=O)[C@H](C)NC(=O)[C@@H](C)CC(=O)[C@@H](CC(C)C)N(C)C(=O)[C@@H](C(C)C)CC(=O)[C@H](CC(C)C)N(C)C(=O)[C@@H](C)N(C)C1=O. The highest BCUT2D eigenvalue weighted by Gasteiger charge is 2.46. The maximum absolute atomic E-state index is 15.4. The Kier molecular flexibility index (Phi) is 34.0. The van der Waals surface area contributed by atoms with Crippen LogP contribution in [0.3, 0.4) is 0 Å². The Morgan fingerprint density at radius 2 is 1.02 bits per heavy atom. The Hall–Kier alpha value is -6.59. The number of rotatable bonds is 19. The van der Waals surface area contributed by atoms with E-state index in [1.807, 2.05) is 41.5 Å². The summed E-state index contributed by atoms with van der Waals surface area (Å²) in [5.41, 5.74) is 0.850. The van der Waals surface area contributed by atoms with E-state index in [1.54, 1.807) is 74.8 Å². The van der Waals surface area contributed by atoms with Crippen molar-refractivity contribution in [1.82, 2.24) is 54.9 Å². The summed E-state index contributed by atoms with van der Waals surface area (Å²) in [4.78, 5) is 192. The van der Waals surface area contributed by atoms with Gasteiger partial charge in [0.2, 0.25) is 53.2 Å². The van der Waals surface area contributed by atoms with Gasteiger partial charge in [0.25, 0.3) is 0 Å². The molecule has 1 saturated heterocycles. The molecular weight excluding hydrogens is 1200 g/mol. The van der Waals surface area contributed by atoms with E-state index in [2.05, 4.69) is 20.6 Å². The first-order valence-corrected chi connectivity index (χ1v) is 34.2. The molecule has 1 aliphatic rings. The third kappa shape index (κ3) is 23.1. The molecule has 24 nitrogen and oxygen atoms in total. The molecule has 4 N–H and O–H groups in total. The van der Waals surface area contributed by atoms with Crippen LogP contribution in [0.4, 0.5) is 0 Å². The first-order valence-electron chi connectivity index (χ1n) is 34.2. The Labute approximate surface area is 561 Å². The molecule has 2 heterocycles. The van der Waals surface area contributed by atoms with Crippen molar-refractivity contribution in [2.45, 2.75) is 243 Å². The van der Waals surface area contributed by atoms with E-state index in [4.69, 9.17) is 0 Å². The van der Waals surface area contributed by atoms with Crippen molar-refractivity contribution < 1.29 is 62.6 Å². The van der Waals surface area contributed by atoms with Crippen LogP contribution in [0.15, 0.2) is 12.5 Å². The van der Waals surface area contributed by atoms with Crippen molar-refractivity contribution in [3.05, 3.63) is 18.2 Å². The third-order valence-electron chi connectivity index (χ3n) is 19.0. The van der Waals surface area contributed by atoms with Crippen LogP contribution in [0.2, 0.25) is 0 Å². The van der Waals surface area contributed by atoms with Crippen molar-refractivity contribution in [2.24, 2.45) is 59.2 Å². The van der Waals surface area contributed by atoms with Gasteiger partial charge in [0.05, 0.1) is 24.5 Å². The minimum Gasteiger partial charge on any atom is -0.390 e. The molecule has 2 rings (SSSR count). The Morgan fingerprint density at radius 3 is 1.50 bits per heavy atom. The summed E-state index contributed by atoms with van der Waals surface area (Å²) in [5.74, 6) is -12.1. The minimum atomic E-state index is -1.59. The average molecular weight is 1320 g/mol. The van der Waals surface area contributed by atoms with Crippen molar-refractivity contribution in [2.75, 3.05) is 55.9 Å². The molecule has 534 valence electrons. The first-order chi connectivity index (χ1) is 43.6. The molecular formula is C70H121N11O13. The monoisotopic (exact) mass is 1320 g/mol. The number of Topliss-reactive ketones (excluding diaryl/α,β-unsaturated/α-hetero) is 3. The largest absolute Gasteiger partial charge is 0.390 e. The summed E-state index contributed by atoms with van der Waals surface area (Å²) in [7, 11) is 10.1. The van der Waals surface area contributed by atoms with E-state index >= 15 is 19.2 Å². The molecule has 0 spiro atoms. The zero-order valence-electron chi connectivity index (χ0n) is 61.5. The van der Waals surface area contributed by atoms with Gasteiger partial charge >= 0.3 is 0 Å². The van der Waals surface area contributed by atoms with Crippen LogP contribution in [0.1, 0.15) is 188 Å². The summed E-state index contributed by atoms with van der Waals surface area (Å²) in [6.07, 6.45) is 2.45. The fourth-order valence-electron chi connectivity index (χ4n) is 12.8. The number of aromatic nitrogens is 2. The van der Waals surface area contributed by atoms with Gasteiger partial charge in [-0.25, -0.2) is 4.98 Å². The van der Waals surface area contributed by atoms with Crippen LogP contribution < -0.4 is 10.6 Å². The maximum Gasteiger partial charge on any atom is 0.246 e. The number of likely N-dealkylation sites (N-methyl/N-ethyl adjacent to an activating group) is 7. The number of hydrogen-bond donors (Lipinski definition) is 4. The van der Waals surface area contributed by atoms with Crippen LogP contribution in [0.25, 0.3) is 0 Å². The standard InChI is InChI=1S/C70H121N11O13/c1-25-49-35-57(84)61(62(86)45(14)27-26-28-58(85)72-30-29-50-37-71-38-73-50)81(24)70(94)60(44(12)13)80(23)68(92)54(33-41(6)7)78(21)69(93)59(43(10)11)79(22)64(88)47(16)74-63(87)46(15)34-55(82)52(31-39(2)3)77(20)67(91)51(42(8)9)36-56(83)53(32-40(4)5)76(19)65(89)48(17)75(18)66(49)90/h37-49,51-54,59-62,86H,25-36H2,1-24H3,(H,71,73)(H,72,85)(H,74,87)/t45-,46+,47+,48-,49+,51-,52-,53+,54-,59?,60-,61+,62-/m1/s1. The number of amides is 9. The number of hydrogen-bond acceptors (Lipinski definition) is 14. The number of ketones is 3. The third-order valence-corrected chi connectivity index (χ3v) is 19.0. The lowest BCUT2D eigenvalue weighted by atomic mass is 9.84. The topological polar surface area (TPSA) is 300 Å². The zero-order valence-corrected chi connectivity index (χ0v) is 61.5. The summed E-state index contributed by atoms with van der Waals surface area (Å²) in [6.45, 7) is 30.2. The fourth-order valence-corrected chi connectivity index (χ4v) is 12.8. The van der Waals surface area contributed by atoms with Gasteiger partial charge in [0.1, 0.15) is 36.3 Å². The number of carbonyl (C=O) groups is 12. The second-order valence-electron chi connectivity index (χ2n) is 29.2. The molecule has 13 atom stereocenters. The molecule has 24 heteroatoms. The van der Waals surface area contributed by atoms with Crippen LogP contribution in [-0.4, -0.2) is 230 Å². The Bertz CT molecular complexity index is 2710. The number of aromatic amines is 1. The first kappa shape index (κ1) is 83.5. The number of nitrogens with zero attached hydrogens (tertiary/aromatic N) is 8. The second-order valence-corrected chi connectivity index (χ2v) is 29.2. The van der Waals surface area contributed by atoms with Gasteiger partial charge in [-0.2, -0.15) is 0 Å². The van der Waals surface area contributed by atoms with Crippen molar-refractivity contribution >= 4 is 70.5 Å². The minimum absolute atomic E-state index is 0.0815. The van der Waals surface area contributed by atoms with Crippen LogP contribution in [-0.2, 0) is 64.0 Å². The van der Waals surface area contributed by atoms with E-state index in [1.165, 1.54) is 92.6 Å². The van der Waals surface area contributed by atoms with Crippen LogP contribution in [0, 0.1) is 59.2 Å². The molecule has 0 saturated carbocycles. The van der Waals surface area contributed by atoms with Crippen molar-refractivity contribution in [1.29, 1.82) is 0 Å². The second kappa shape index (κ2) is 38.2. The van der Waals surface area contributed by atoms with Gasteiger partial charge < -0.3 is 55.0 Å². The Morgan fingerprint density at radius 1 is 0.553 bits per heavy atom. The predicted molar refractivity (Wildman–Crippen MR) is 362 cm³/mol. The molecule has 0 bridgehead atoms. The highest BCUT2D eigenvalue weighted by Crippen LogP contribution is 2.30. The average Bonchev–Trinajstić information content (AvgIpc) is 0.836. The van der Waals surface area contributed by atoms with Gasteiger partial charge in [0, 0.05) is 118 Å². The molecule has 0 radical (unpaired) electrons. The summed E-state index contributed by atoms with van der Waals surface area (Å²) < 4.78 is 0. The van der Waals surface area contributed by atoms with E-state index < -0.39 is 167 Å². The van der Waals surface area contributed by atoms with Crippen LogP contribution in [0.5, 0.6) is 0 Å². The Balaban J connectivity index is 2.95. The van der Waals surface area contributed by atoms with Crippen molar-refractivity contribution in [3.8, 4) is 0 Å². The van der Waals surface area contributed by atoms with Gasteiger partial charge in [0.15, 0.2) is 17.3 Å². The number of H-pyrrole nitrogens is 1. The molecule has 1 unspecified atom stereocenters. The fraction of sp³-hybridized carbons (Fsp3) is 0.786. The van der Waals surface area contributed by atoms with E-state index in [9.17, 15) is 43.5 Å². The number of aliphatic hydroxyl groups is 1. The molecule has 1 aromatic heterocycles. The van der Waals surface area contributed by atoms with Gasteiger partial charge in [-0.1, -0.05) is 104 Å². The maximum atomic E-state index is 15.4. The molecule has 1 aromatic rings. The lowest BCUT2D eigenvalue weighted by Crippen LogP contribution is -2.62. The summed E-state index contributed by atoms with van der Waals surface area (Å²) >= 11 is 0. The molecule has 0 aliphatic carbocycles. The molecule has 9 amide bonds.